The van der Waals surface area contributed by atoms with Gasteiger partial charge in [0, 0.05) is 37.0 Å². The molecule has 1 fully saturated rings. The quantitative estimate of drug-likeness (QED) is 0.812. The summed E-state index contributed by atoms with van der Waals surface area (Å²) in [5.74, 6) is 0.517. The van der Waals surface area contributed by atoms with Crippen LogP contribution in [0.25, 0.3) is 0 Å². The first-order valence-electron chi connectivity index (χ1n) is 7.43. The zero-order valence-electron chi connectivity index (χ0n) is 11.9. The van der Waals surface area contributed by atoms with E-state index in [-0.39, 0.29) is 17.6 Å². The van der Waals surface area contributed by atoms with Gasteiger partial charge in [-0.05, 0) is 23.3 Å². The topological polar surface area (TPSA) is 20.3 Å². The molecular weight excluding hydrogens is 317 g/mol. The fourth-order valence-electron chi connectivity index (χ4n) is 3.72. The third-order valence-electron chi connectivity index (χ3n) is 4.74. The lowest BCUT2D eigenvalue weighted by atomic mass is 9.96. The molecule has 2 nitrogen and oxygen atoms in total. The van der Waals surface area contributed by atoms with Crippen LogP contribution in [0.5, 0.6) is 0 Å². The van der Waals surface area contributed by atoms with Crippen LogP contribution in [0, 0.1) is 5.92 Å². The van der Waals surface area contributed by atoms with E-state index in [0.29, 0.717) is 10.0 Å². The predicted molar refractivity (Wildman–Crippen MR) is 88.7 cm³/mol. The van der Waals surface area contributed by atoms with Crippen LogP contribution >= 0.6 is 23.2 Å². The molecule has 0 bridgehead atoms. The lowest BCUT2D eigenvalue weighted by Crippen LogP contribution is -2.23. The van der Waals surface area contributed by atoms with Crippen molar-refractivity contribution in [2.45, 2.75) is 12.5 Å². The Morgan fingerprint density at radius 3 is 2.45 bits per heavy atom. The SMILES string of the molecule is O=C1c2cc(Cl)c(Cl)cc2C2CN(Cc3ccccc3)CC12. The van der Waals surface area contributed by atoms with Gasteiger partial charge in [0.1, 0.15) is 0 Å². The van der Waals surface area contributed by atoms with E-state index in [4.69, 9.17) is 23.2 Å². The fourth-order valence-corrected chi connectivity index (χ4v) is 4.05. The summed E-state index contributed by atoms with van der Waals surface area (Å²) in [5.41, 5.74) is 3.12. The van der Waals surface area contributed by atoms with Crippen molar-refractivity contribution in [3.05, 3.63) is 69.2 Å². The second-order valence-electron chi connectivity index (χ2n) is 6.11. The first-order chi connectivity index (χ1) is 10.6. The van der Waals surface area contributed by atoms with Crippen LogP contribution in [0.3, 0.4) is 0 Å². The molecule has 0 N–H and O–H groups in total. The molecule has 1 aliphatic carbocycles. The van der Waals surface area contributed by atoms with E-state index in [1.165, 1.54) is 5.56 Å². The minimum atomic E-state index is 0.0493. The molecule has 0 amide bonds. The molecule has 4 rings (SSSR count). The number of halogens is 2. The molecule has 0 radical (unpaired) electrons. The Morgan fingerprint density at radius 2 is 1.68 bits per heavy atom. The van der Waals surface area contributed by atoms with Crippen LogP contribution in [-0.4, -0.2) is 23.8 Å². The van der Waals surface area contributed by atoms with E-state index in [1.54, 1.807) is 6.07 Å². The molecule has 2 atom stereocenters. The molecule has 0 spiro atoms. The first kappa shape index (κ1) is 14.3. The van der Waals surface area contributed by atoms with E-state index in [0.717, 1.165) is 30.8 Å². The lowest BCUT2D eigenvalue weighted by molar-refractivity contribution is 0.0931. The smallest absolute Gasteiger partial charge is 0.168 e. The minimum absolute atomic E-state index is 0.0493. The number of carbonyl (C=O) groups is 1. The molecular formula is C18H15Cl2NO. The number of hydrogen-bond acceptors (Lipinski definition) is 2. The molecule has 2 aromatic carbocycles. The monoisotopic (exact) mass is 331 g/mol. The van der Waals surface area contributed by atoms with Crippen molar-refractivity contribution >= 4 is 29.0 Å². The predicted octanol–water partition coefficient (Wildman–Crippen LogP) is 4.41. The maximum atomic E-state index is 12.6. The van der Waals surface area contributed by atoms with Gasteiger partial charge in [-0.3, -0.25) is 9.69 Å². The van der Waals surface area contributed by atoms with Crippen LogP contribution in [-0.2, 0) is 6.54 Å². The van der Waals surface area contributed by atoms with E-state index >= 15 is 0 Å². The number of hydrogen-bond donors (Lipinski definition) is 0. The summed E-state index contributed by atoms with van der Waals surface area (Å²) in [5, 5.41) is 1.00. The fraction of sp³-hybridized carbons (Fsp3) is 0.278. The number of likely N-dealkylation sites (tertiary alicyclic amines) is 1. The Hall–Kier alpha value is -1.35. The van der Waals surface area contributed by atoms with Gasteiger partial charge in [-0.1, -0.05) is 53.5 Å². The van der Waals surface area contributed by atoms with Crippen molar-refractivity contribution in [2.24, 2.45) is 5.92 Å². The number of Topliss-reactive ketones (excluding diaryl/α,β-unsaturated/α-hetero) is 1. The van der Waals surface area contributed by atoms with Gasteiger partial charge in [0.25, 0.3) is 0 Å². The molecule has 2 aromatic rings. The van der Waals surface area contributed by atoms with Crippen LogP contribution < -0.4 is 0 Å². The van der Waals surface area contributed by atoms with Gasteiger partial charge >= 0.3 is 0 Å². The summed E-state index contributed by atoms with van der Waals surface area (Å²) < 4.78 is 0. The van der Waals surface area contributed by atoms with Gasteiger partial charge in [-0.2, -0.15) is 0 Å². The summed E-state index contributed by atoms with van der Waals surface area (Å²) >= 11 is 12.2. The standard InChI is InChI=1S/C18H15Cl2NO/c19-16-6-12-13(7-17(16)20)18(22)15-10-21(9-14(12)15)8-11-4-2-1-3-5-11/h1-7,14-15H,8-10H2. The summed E-state index contributed by atoms with van der Waals surface area (Å²) in [6.07, 6.45) is 0. The van der Waals surface area contributed by atoms with Gasteiger partial charge in [-0.15, -0.1) is 0 Å². The maximum Gasteiger partial charge on any atom is 0.168 e. The summed E-state index contributed by atoms with van der Waals surface area (Å²) in [7, 11) is 0. The second-order valence-corrected chi connectivity index (χ2v) is 6.92. The third kappa shape index (κ3) is 2.26. The molecule has 22 heavy (non-hydrogen) atoms. The zero-order valence-corrected chi connectivity index (χ0v) is 13.4. The molecule has 1 aliphatic heterocycles. The molecule has 0 saturated carbocycles. The van der Waals surface area contributed by atoms with Crippen molar-refractivity contribution < 1.29 is 4.79 Å². The van der Waals surface area contributed by atoms with Crippen molar-refractivity contribution in [1.82, 2.24) is 4.90 Å². The third-order valence-corrected chi connectivity index (χ3v) is 5.46. The highest BCUT2D eigenvalue weighted by molar-refractivity contribution is 6.42. The van der Waals surface area contributed by atoms with Gasteiger partial charge in [-0.25, -0.2) is 0 Å². The highest BCUT2D eigenvalue weighted by Gasteiger charge is 2.45. The van der Waals surface area contributed by atoms with E-state index in [2.05, 4.69) is 29.2 Å². The van der Waals surface area contributed by atoms with E-state index < -0.39 is 0 Å². The molecule has 112 valence electrons. The Balaban J connectivity index is 1.60. The van der Waals surface area contributed by atoms with Crippen molar-refractivity contribution in [2.75, 3.05) is 13.1 Å². The highest BCUT2D eigenvalue weighted by atomic mass is 35.5. The maximum absolute atomic E-state index is 12.6. The Kier molecular flexibility index (Phi) is 3.48. The number of benzene rings is 2. The van der Waals surface area contributed by atoms with Gasteiger partial charge in [0.15, 0.2) is 5.78 Å². The van der Waals surface area contributed by atoms with E-state index in [9.17, 15) is 4.79 Å². The Labute approximate surface area is 139 Å². The van der Waals surface area contributed by atoms with Crippen molar-refractivity contribution in [3.8, 4) is 0 Å². The highest BCUT2D eigenvalue weighted by Crippen LogP contribution is 2.45. The number of nitrogens with zero attached hydrogens (tertiary/aromatic N) is 1. The molecule has 0 aromatic heterocycles. The van der Waals surface area contributed by atoms with Gasteiger partial charge in [0.2, 0.25) is 0 Å². The zero-order chi connectivity index (χ0) is 15.3. The molecule has 1 saturated heterocycles. The summed E-state index contributed by atoms with van der Waals surface area (Å²) in [6, 6.07) is 14.0. The average molecular weight is 332 g/mol. The number of rotatable bonds is 2. The molecule has 2 unspecified atom stereocenters. The molecule has 1 heterocycles. The second kappa shape index (κ2) is 5.38. The van der Waals surface area contributed by atoms with Crippen molar-refractivity contribution in [1.29, 1.82) is 0 Å². The number of fused-ring (bicyclic) bond motifs is 3. The van der Waals surface area contributed by atoms with Crippen LogP contribution in [0.1, 0.15) is 27.4 Å². The largest absolute Gasteiger partial charge is 0.298 e. The van der Waals surface area contributed by atoms with E-state index in [1.807, 2.05) is 12.1 Å². The summed E-state index contributed by atoms with van der Waals surface area (Å²) in [6.45, 7) is 2.59. The Bertz CT molecular complexity index is 744. The van der Waals surface area contributed by atoms with Crippen LogP contribution in [0.15, 0.2) is 42.5 Å². The number of ketones is 1. The number of carbonyl (C=O) groups excluding carboxylic acids is 1. The normalized spacial score (nSPS) is 23.6. The Morgan fingerprint density at radius 1 is 1.00 bits per heavy atom. The summed E-state index contributed by atoms with van der Waals surface area (Å²) in [4.78, 5) is 15.0. The van der Waals surface area contributed by atoms with Crippen LogP contribution in [0.2, 0.25) is 10.0 Å². The van der Waals surface area contributed by atoms with Gasteiger partial charge < -0.3 is 0 Å². The lowest BCUT2D eigenvalue weighted by Gasteiger charge is -2.17. The van der Waals surface area contributed by atoms with Gasteiger partial charge in [0.05, 0.1) is 10.0 Å². The average Bonchev–Trinajstić information content (AvgIpc) is 3.02. The minimum Gasteiger partial charge on any atom is -0.298 e. The molecule has 2 aliphatic rings. The van der Waals surface area contributed by atoms with Crippen molar-refractivity contribution in [3.63, 3.8) is 0 Å². The van der Waals surface area contributed by atoms with Crippen LogP contribution in [0.4, 0.5) is 0 Å². The first-order valence-corrected chi connectivity index (χ1v) is 8.18. The molecule has 4 heteroatoms.